The second-order valence-electron chi connectivity index (χ2n) is 3.72. The first-order chi connectivity index (χ1) is 7.76. The zero-order valence-electron chi connectivity index (χ0n) is 8.69. The lowest BCUT2D eigenvalue weighted by atomic mass is 10.00. The lowest BCUT2D eigenvalue weighted by Gasteiger charge is -2.18. The van der Waals surface area contributed by atoms with E-state index >= 15 is 0 Å². The number of amides is 1. The quantitative estimate of drug-likeness (QED) is 0.768. The van der Waals surface area contributed by atoms with Crippen LogP contribution in [0.4, 0.5) is 5.69 Å². The molecular weight excluding hydrogens is 240 g/mol. The number of para-hydroxylation sites is 1. The fraction of sp³-hybridized carbons (Fsp3) is 0.273. The van der Waals surface area contributed by atoms with Gasteiger partial charge in [0.15, 0.2) is 0 Å². The van der Waals surface area contributed by atoms with Crippen molar-refractivity contribution >= 4 is 39.5 Å². The minimum atomic E-state index is -0.505. The van der Waals surface area contributed by atoms with E-state index in [1.165, 1.54) is 0 Å². The van der Waals surface area contributed by atoms with Crippen LogP contribution in [-0.2, 0) is 9.54 Å². The topological polar surface area (TPSA) is 41.5 Å². The van der Waals surface area contributed by atoms with Gasteiger partial charge in [0.25, 0.3) is 0 Å². The Balaban J connectivity index is 2.07. The summed E-state index contributed by atoms with van der Waals surface area (Å²) in [6, 6.07) is 7.87. The van der Waals surface area contributed by atoms with Crippen LogP contribution in [0.2, 0.25) is 0 Å². The van der Waals surface area contributed by atoms with Crippen LogP contribution in [0.25, 0.3) is 0 Å². The number of benzene rings is 1. The molecule has 2 aliphatic rings. The molecule has 1 N–H and O–H groups in total. The zero-order valence-corrected chi connectivity index (χ0v) is 10.3. The van der Waals surface area contributed by atoms with Gasteiger partial charge in [0, 0.05) is 11.3 Å². The molecular formula is C11H10N2OS2. The third-order valence-corrected chi connectivity index (χ3v) is 5.26. The Kier molecular flexibility index (Phi) is 2.26. The van der Waals surface area contributed by atoms with Crippen LogP contribution in [0.1, 0.15) is 5.56 Å². The molecule has 2 aliphatic heterocycles. The Hall–Kier alpha value is -0.940. The predicted molar refractivity (Wildman–Crippen MR) is 70.2 cm³/mol. The number of nitrogens with one attached hydrogen (secondary N) is 1. The minimum absolute atomic E-state index is 0.0616. The molecule has 1 aromatic rings. The minimum Gasteiger partial charge on any atom is -0.324 e. The maximum atomic E-state index is 12.1. The van der Waals surface area contributed by atoms with Crippen molar-refractivity contribution < 1.29 is 4.79 Å². The Bertz CT molecular complexity index is 501. The summed E-state index contributed by atoms with van der Waals surface area (Å²) in [6.07, 6.45) is 1.99. The molecule has 3 nitrogen and oxygen atoms in total. The number of carbonyl (C=O) groups is 1. The SMILES string of the molecule is CSC1=NC[C@@]2(S1)C(=O)Nc1ccccc12. The molecule has 3 rings (SSSR count). The van der Waals surface area contributed by atoms with Crippen molar-refractivity contribution in [2.75, 3.05) is 18.1 Å². The van der Waals surface area contributed by atoms with Crippen LogP contribution in [0.5, 0.6) is 0 Å². The first kappa shape index (κ1) is 10.2. The number of nitrogens with zero attached hydrogens (tertiary/aromatic N) is 1. The van der Waals surface area contributed by atoms with Gasteiger partial charge in [-0.2, -0.15) is 0 Å². The van der Waals surface area contributed by atoms with Gasteiger partial charge in [-0.3, -0.25) is 9.79 Å². The fourth-order valence-electron chi connectivity index (χ4n) is 2.04. The number of hydrogen-bond donors (Lipinski definition) is 1. The summed E-state index contributed by atoms with van der Waals surface area (Å²) in [5, 5.41) is 2.93. The van der Waals surface area contributed by atoms with Gasteiger partial charge in [-0.1, -0.05) is 30.0 Å². The van der Waals surface area contributed by atoms with Crippen LogP contribution in [-0.4, -0.2) is 23.1 Å². The van der Waals surface area contributed by atoms with Crippen molar-refractivity contribution in [3.05, 3.63) is 29.8 Å². The van der Waals surface area contributed by atoms with E-state index in [0.717, 1.165) is 15.6 Å². The van der Waals surface area contributed by atoms with Crippen LogP contribution in [0.15, 0.2) is 29.3 Å². The second-order valence-corrected chi connectivity index (χ2v) is 6.06. The molecule has 0 radical (unpaired) electrons. The molecule has 0 aromatic heterocycles. The van der Waals surface area contributed by atoms with E-state index in [1.54, 1.807) is 23.5 Å². The molecule has 0 unspecified atom stereocenters. The summed E-state index contributed by atoms with van der Waals surface area (Å²) >= 11 is 3.18. The van der Waals surface area contributed by atoms with E-state index in [2.05, 4.69) is 10.3 Å². The molecule has 0 aliphatic carbocycles. The highest BCUT2D eigenvalue weighted by Crippen LogP contribution is 2.50. The van der Waals surface area contributed by atoms with Crippen LogP contribution in [0.3, 0.4) is 0 Å². The lowest BCUT2D eigenvalue weighted by Crippen LogP contribution is -2.31. The molecule has 82 valence electrons. The monoisotopic (exact) mass is 250 g/mol. The van der Waals surface area contributed by atoms with Gasteiger partial charge in [0.1, 0.15) is 9.12 Å². The highest BCUT2D eigenvalue weighted by Gasteiger charge is 2.50. The highest BCUT2D eigenvalue weighted by atomic mass is 32.2. The molecule has 2 heterocycles. The predicted octanol–water partition coefficient (Wildman–Crippen LogP) is 2.30. The standard InChI is InChI=1S/C11H10N2OS2/c1-15-10-12-6-11(16-10)7-4-2-3-5-8(7)13-9(11)14/h2-5H,6H2,1H3,(H,13,14)/t11-/m0/s1. The molecule has 1 aromatic carbocycles. The molecule has 0 saturated heterocycles. The molecule has 0 bridgehead atoms. The summed E-state index contributed by atoms with van der Waals surface area (Å²) in [5.74, 6) is 0.0616. The Morgan fingerprint density at radius 2 is 2.31 bits per heavy atom. The third kappa shape index (κ3) is 1.25. The third-order valence-electron chi connectivity index (χ3n) is 2.84. The molecule has 16 heavy (non-hydrogen) atoms. The average Bonchev–Trinajstić information content (AvgIpc) is 2.85. The zero-order chi connectivity index (χ0) is 11.2. The van der Waals surface area contributed by atoms with Crippen molar-refractivity contribution in [1.82, 2.24) is 0 Å². The van der Waals surface area contributed by atoms with Gasteiger partial charge < -0.3 is 5.32 Å². The Morgan fingerprint density at radius 3 is 3.06 bits per heavy atom. The van der Waals surface area contributed by atoms with E-state index in [-0.39, 0.29) is 5.91 Å². The normalized spacial score (nSPS) is 26.8. The van der Waals surface area contributed by atoms with Gasteiger partial charge in [-0.05, 0) is 12.3 Å². The van der Waals surface area contributed by atoms with E-state index in [4.69, 9.17) is 0 Å². The van der Waals surface area contributed by atoms with E-state index in [0.29, 0.717) is 6.54 Å². The Labute approximate surface area is 102 Å². The van der Waals surface area contributed by atoms with Gasteiger partial charge in [-0.15, -0.1) is 11.8 Å². The number of rotatable bonds is 0. The highest BCUT2D eigenvalue weighted by molar-refractivity contribution is 8.39. The Morgan fingerprint density at radius 1 is 1.50 bits per heavy atom. The van der Waals surface area contributed by atoms with Crippen LogP contribution >= 0.6 is 23.5 Å². The van der Waals surface area contributed by atoms with Crippen LogP contribution < -0.4 is 5.32 Å². The van der Waals surface area contributed by atoms with E-state index < -0.39 is 4.75 Å². The number of aliphatic imine (C=N–C) groups is 1. The number of fused-ring (bicyclic) bond motifs is 2. The summed E-state index contributed by atoms with van der Waals surface area (Å²) in [4.78, 5) is 16.5. The first-order valence-corrected chi connectivity index (χ1v) is 6.99. The molecule has 1 spiro atoms. The first-order valence-electron chi connectivity index (χ1n) is 4.95. The maximum Gasteiger partial charge on any atom is 0.247 e. The molecule has 1 atom stereocenters. The van der Waals surface area contributed by atoms with Gasteiger partial charge in [0.05, 0.1) is 6.54 Å². The van der Waals surface area contributed by atoms with Gasteiger partial charge >= 0.3 is 0 Å². The smallest absolute Gasteiger partial charge is 0.247 e. The molecule has 0 fully saturated rings. The van der Waals surface area contributed by atoms with Crippen molar-refractivity contribution in [2.45, 2.75) is 4.75 Å². The van der Waals surface area contributed by atoms with Crippen LogP contribution in [0, 0.1) is 0 Å². The summed E-state index contributed by atoms with van der Waals surface area (Å²) < 4.78 is 0.487. The molecule has 5 heteroatoms. The second kappa shape index (κ2) is 3.53. The van der Waals surface area contributed by atoms with Crippen molar-refractivity contribution in [2.24, 2.45) is 4.99 Å². The van der Waals surface area contributed by atoms with Gasteiger partial charge in [-0.25, -0.2) is 0 Å². The maximum absolute atomic E-state index is 12.1. The van der Waals surface area contributed by atoms with Crippen molar-refractivity contribution in [3.63, 3.8) is 0 Å². The number of thioether (sulfide) groups is 2. The lowest BCUT2D eigenvalue weighted by molar-refractivity contribution is -0.117. The molecule has 1 amide bonds. The number of hydrogen-bond acceptors (Lipinski definition) is 4. The molecule has 0 saturated carbocycles. The number of anilines is 1. The van der Waals surface area contributed by atoms with E-state index in [9.17, 15) is 4.79 Å². The average molecular weight is 250 g/mol. The van der Waals surface area contributed by atoms with E-state index in [1.807, 2.05) is 30.5 Å². The number of carbonyl (C=O) groups excluding carboxylic acids is 1. The van der Waals surface area contributed by atoms with Crippen molar-refractivity contribution in [1.29, 1.82) is 0 Å². The van der Waals surface area contributed by atoms with Crippen molar-refractivity contribution in [3.8, 4) is 0 Å². The summed E-state index contributed by atoms with van der Waals surface area (Å²) in [6.45, 7) is 0.552. The van der Waals surface area contributed by atoms with Gasteiger partial charge in [0.2, 0.25) is 5.91 Å². The summed E-state index contributed by atoms with van der Waals surface area (Å²) in [5.41, 5.74) is 2.00. The largest absolute Gasteiger partial charge is 0.324 e. The fourth-order valence-corrected chi connectivity index (χ4v) is 3.99. The summed E-state index contributed by atoms with van der Waals surface area (Å²) in [7, 11) is 0.